The number of hydrogen-bond acceptors (Lipinski definition) is 3. The Hall–Kier alpha value is -1.52. The first-order valence-electron chi connectivity index (χ1n) is 6.24. The van der Waals surface area contributed by atoms with E-state index >= 15 is 0 Å². The molecular formula is C14H18N2O2. The minimum absolute atomic E-state index is 0.273. The van der Waals surface area contributed by atoms with E-state index in [0.29, 0.717) is 0 Å². The Morgan fingerprint density at radius 2 is 2.28 bits per heavy atom. The van der Waals surface area contributed by atoms with Crippen molar-refractivity contribution in [2.24, 2.45) is 7.05 Å². The molecule has 0 spiro atoms. The van der Waals surface area contributed by atoms with E-state index in [4.69, 9.17) is 9.47 Å². The SMILES string of the molecule is COc1ccc(C2COCCN2)c2ccn(C)c12. The quantitative estimate of drug-likeness (QED) is 0.878. The van der Waals surface area contributed by atoms with Gasteiger partial charge in [-0.05, 0) is 17.7 Å². The highest BCUT2D eigenvalue weighted by Crippen LogP contribution is 2.32. The Labute approximate surface area is 106 Å². The lowest BCUT2D eigenvalue weighted by atomic mass is 10.0. The fraction of sp³-hybridized carbons (Fsp3) is 0.429. The average molecular weight is 246 g/mol. The third-order valence-corrected chi connectivity index (χ3v) is 3.55. The van der Waals surface area contributed by atoms with Crippen molar-refractivity contribution in [1.82, 2.24) is 9.88 Å². The van der Waals surface area contributed by atoms with Gasteiger partial charge in [-0.3, -0.25) is 0 Å². The molecule has 4 heteroatoms. The van der Waals surface area contributed by atoms with Gasteiger partial charge in [0.25, 0.3) is 0 Å². The number of nitrogens with zero attached hydrogens (tertiary/aromatic N) is 1. The molecule has 1 aliphatic heterocycles. The summed E-state index contributed by atoms with van der Waals surface area (Å²) in [7, 11) is 3.75. The molecule has 0 radical (unpaired) electrons. The molecule has 1 unspecified atom stereocenters. The van der Waals surface area contributed by atoms with E-state index in [2.05, 4.69) is 28.2 Å². The summed E-state index contributed by atoms with van der Waals surface area (Å²) >= 11 is 0. The molecule has 0 saturated carbocycles. The van der Waals surface area contributed by atoms with E-state index in [1.54, 1.807) is 7.11 Å². The van der Waals surface area contributed by atoms with Crippen LogP contribution in [0.15, 0.2) is 24.4 Å². The van der Waals surface area contributed by atoms with Gasteiger partial charge in [0.05, 0.1) is 31.9 Å². The Kier molecular flexibility index (Phi) is 2.97. The molecule has 4 nitrogen and oxygen atoms in total. The van der Waals surface area contributed by atoms with E-state index in [-0.39, 0.29) is 6.04 Å². The maximum absolute atomic E-state index is 5.55. The van der Waals surface area contributed by atoms with Gasteiger partial charge in [-0.15, -0.1) is 0 Å². The molecule has 2 heterocycles. The number of methoxy groups -OCH3 is 1. The first kappa shape index (κ1) is 11.6. The van der Waals surface area contributed by atoms with E-state index in [9.17, 15) is 0 Å². The van der Waals surface area contributed by atoms with Gasteiger partial charge in [0.1, 0.15) is 5.75 Å². The normalized spacial score (nSPS) is 20.2. The number of aryl methyl sites for hydroxylation is 1. The molecule has 1 aromatic carbocycles. The van der Waals surface area contributed by atoms with Crippen molar-refractivity contribution >= 4 is 10.9 Å². The Morgan fingerprint density at radius 3 is 3.00 bits per heavy atom. The second-order valence-corrected chi connectivity index (χ2v) is 4.63. The average Bonchev–Trinajstić information content (AvgIpc) is 2.81. The zero-order chi connectivity index (χ0) is 12.5. The van der Waals surface area contributed by atoms with Crippen LogP contribution in [0.5, 0.6) is 5.75 Å². The van der Waals surface area contributed by atoms with E-state index in [1.165, 1.54) is 10.9 Å². The largest absolute Gasteiger partial charge is 0.495 e. The molecule has 1 aromatic heterocycles. The molecule has 96 valence electrons. The van der Waals surface area contributed by atoms with Crippen molar-refractivity contribution in [2.75, 3.05) is 26.9 Å². The zero-order valence-electron chi connectivity index (χ0n) is 10.8. The minimum atomic E-state index is 0.273. The van der Waals surface area contributed by atoms with Crippen molar-refractivity contribution in [1.29, 1.82) is 0 Å². The van der Waals surface area contributed by atoms with Crippen LogP contribution >= 0.6 is 0 Å². The number of nitrogens with one attached hydrogen (secondary N) is 1. The maximum atomic E-state index is 5.55. The summed E-state index contributed by atoms with van der Waals surface area (Å²) in [6, 6.07) is 6.58. The van der Waals surface area contributed by atoms with Gasteiger partial charge in [0.2, 0.25) is 0 Å². The molecule has 1 N–H and O–H groups in total. The van der Waals surface area contributed by atoms with Gasteiger partial charge in [0, 0.05) is 25.2 Å². The number of aromatic nitrogens is 1. The van der Waals surface area contributed by atoms with Crippen LogP contribution in [-0.2, 0) is 11.8 Å². The van der Waals surface area contributed by atoms with Crippen LogP contribution < -0.4 is 10.1 Å². The summed E-state index contributed by atoms with van der Waals surface area (Å²) < 4.78 is 13.1. The number of hydrogen-bond donors (Lipinski definition) is 1. The highest BCUT2D eigenvalue weighted by atomic mass is 16.5. The van der Waals surface area contributed by atoms with Crippen molar-refractivity contribution in [3.05, 3.63) is 30.0 Å². The van der Waals surface area contributed by atoms with Crippen molar-refractivity contribution in [3.8, 4) is 5.75 Å². The Bertz CT molecular complexity index is 556. The van der Waals surface area contributed by atoms with Gasteiger partial charge in [-0.2, -0.15) is 0 Å². The summed E-state index contributed by atoms with van der Waals surface area (Å²) in [6.07, 6.45) is 2.07. The summed E-state index contributed by atoms with van der Waals surface area (Å²) in [5, 5.41) is 4.74. The number of fused-ring (bicyclic) bond motifs is 1. The fourth-order valence-corrected chi connectivity index (χ4v) is 2.64. The van der Waals surface area contributed by atoms with Crippen LogP contribution in [0, 0.1) is 0 Å². The lowest BCUT2D eigenvalue weighted by molar-refractivity contribution is 0.0773. The molecule has 1 fully saturated rings. The predicted molar refractivity (Wildman–Crippen MR) is 71.0 cm³/mol. The molecule has 2 aromatic rings. The number of morpholine rings is 1. The van der Waals surface area contributed by atoms with Crippen LogP contribution in [-0.4, -0.2) is 31.4 Å². The van der Waals surface area contributed by atoms with Gasteiger partial charge in [0.15, 0.2) is 0 Å². The molecule has 3 rings (SSSR count). The summed E-state index contributed by atoms with van der Waals surface area (Å²) in [6.45, 7) is 2.44. The summed E-state index contributed by atoms with van der Waals surface area (Å²) in [4.78, 5) is 0. The van der Waals surface area contributed by atoms with Crippen LogP contribution in [0.3, 0.4) is 0 Å². The number of rotatable bonds is 2. The second kappa shape index (κ2) is 4.63. The number of ether oxygens (including phenoxy) is 2. The van der Waals surface area contributed by atoms with Gasteiger partial charge in [-0.25, -0.2) is 0 Å². The Morgan fingerprint density at radius 1 is 1.39 bits per heavy atom. The standard InChI is InChI=1S/C14H18N2O2/c1-16-7-5-11-10(12-9-18-8-6-15-12)3-4-13(17-2)14(11)16/h3-5,7,12,15H,6,8-9H2,1-2H3. The maximum Gasteiger partial charge on any atom is 0.143 e. The molecule has 0 aliphatic carbocycles. The number of benzene rings is 1. The first-order chi connectivity index (χ1) is 8.81. The van der Waals surface area contributed by atoms with Crippen LogP contribution in [0.2, 0.25) is 0 Å². The third-order valence-electron chi connectivity index (χ3n) is 3.55. The van der Waals surface area contributed by atoms with Gasteiger partial charge in [-0.1, -0.05) is 6.07 Å². The van der Waals surface area contributed by atoms with Gasteiger partial charge >= 0.3 is 0 Å². The fourth-order valence-electron chi connectivity index (χ4n) is 2.64. The second-order valence-electron chi connectivity index (χ2n) is 4.63. The molecule has 0 amide bonds. The van der Waals surface area contributed by atoms with E-state index < -0.39 is 0 Å². The van der Waals surface area contributed by atoms with Crippen LogP contribution in [0.1, 0.15) is 11.6 Å². The van der Waals surface area contributed by atoms with E-state index in [1.807, 2.05) is 13.1 Å². The summed E-state index contributed by atoms with van der Waals surface area (Å²) in [5.74, 6) is 0.915. The molecule has 1 aliphatic rings. The van der Waals surface area contributed by atoms with Gasteiger partial charge < -0.3 is 19.4 Å². The molecule has 1 atom stereocenters. The summed E-state index contributed by atoms with van der Waals surface area (Å²) in [5.41, 5.74) is 2.42. The van der Waals surface area contributed by atoms with Crippen LogP contribution in [0.25, 0.3) is 10.9 Å². The monoisotopic (exact) mass is 246 g/mol. The zero-order valence-corrected chi connectivity index (χ0v) is 10.8. The highest BCUT2D eigenvalue weighted by molar-refractivity contribution is 5.89. The Balaban J connectivity index is 2.12. The van der Waals surface area contributed by atoms with Crippen molar-refractivity contribution in [2.45, 2.75) is 6.04 Å². The van der Waals surface area contributed by atoms with Crippen molar-refractivity contribution in [3.63, 3.8) is 0 Å². The smallest absolute Gasteiger partial charge is 0.143 e. The molecular weight excluding hydrogens is 228 g/mol. The lowest BCUT2D eigenvalue weighted by Gasteiger charge is -2.25. The van der Waals surface area contributed by atoms with E-state index in [0.717, 1.165) is 31.0 Å². The topological polar surface area (TPSA) is 35.4 Å². The first-order valence-corrected chi connectivity index (χ1v) is 6.24. The molecule has 0 bridgehead atoms. The third kappa shape index (κ3) is 1.78. The van der Waals surface area contributed by atoms with Crippen LogP contribution in [0.4, 0.5) is 0 Å². The predicted octanol–water partition coefficient (Wildman–Crippen LogP) is 1.85. The minimum Gasteiger partial charge on any atom is -0.495 e. The highest BCUT2D eigenvalue weighted by Gasteiger charge is 2.19. The van der Waals surface area contributed by atoms with Crippen molar-refractivity contribution < 1.29 is 9.47 Å². The lowest BCUT2D eigenvalue weighted by Crippen LogP contribution is -2.34. The molecule has 1 saturated heterocycles. The molecule has 18 heavy (non-hydrogen) atoms.